The summed E-state index contributed by atoms with van der Waals surface area (Å²) in [5, 5.41) is 10.9. The Morgan fingerprint density at radius 1 is 1.40 bits per heavy atom. The number of aromatic nitrogens is 4. The first-order valence-corrected chi connectivity index (χ1v) is 4.77. The van der Waals surface area contributed by atoms with Crippen molar-refractivity contribution in [1.29, 1.82) is 0 Å². The third kappa shape index (κ3) is 1.75. The molecular weight excluding hydrogens is 194 g/mol. The van der Waals surface area contributed by atoms with Gasteiger partial charge < -0.3 is 10.3 Å². The zero-order valence-corrected chi connectivity index (χ0v) is 8.74. The van der Waals surface area contributed by atoms with Crippen molar-refractivity contribution in [2.24, 2.45) is 5.73 Å². The molecule has 0 aromatic carbocycles. The Morgan fingerprint density at radius 3 is 2.80 bits per heavy atom. The van der Waals surface area contributed by atoms with Gasteiger partial charge in [0.2, 0.25) is 11.7 Å². The summed E-state index contributed by atoms with van der Waals surface area (Å²) >= 11 is 0. The van der Waals surface area contributed by atoms with Gasteiger partial charge in [-0.3, -0.25) is 5.10 Å². The summed E-state index contributed by atoms with van der Waals surface area (Å²) in [5.41, 5.74) is 8.11. The number of nitrogens with two attached hydrogens (primary N) is 1. The Kier molecular flexibility index (Phi) is 2.51. The van der Waals surface area contributed by atoms with Gasteiger partial charge in [-0.25, -0.2) is 0 Å². The highest BCUT2D eigenvalue weighted by atomic mass is 16.5. The van der Waals surface area contributed by atoms with Crippen LogP contribution in [0, 0.1) is 13.8 Å². The van der Waals surface area contributed by atoms with Crippen molar-refractivity contribution in [3.05, 3.63) is 17.3 Å². The molecule has 2 aromatic rings. The largest absolute Gasteiger partial charge is 0.339 e. The first kappa shape index (κ1) is 9.85. The first-order chi connectivity index (χ1) is 7.22. The van der Waals surface area contributed by atoms with Crippen molar-refractivity contribution in [3.8, 4) is 11.4 Å². The number of rotatable bonds is 3. The van der Waals surface area contributed by atoms with E-state index in [1.807, 2.05) is 13.8 Å². The molecule has 0 spiro atoms. The first-order valence-electron chi connectivity index (χ1n) is 4.77. The van der Waals surface area contributed by atoms with E-state index in [9.17, 15) is 0 Å². The number of nitrogens with zero attached hydrogens (tertiary/aromatic N) is 3. The molecule has 0 amide bonds. The Hall–Kier alpha value is -1.69. The van der Waals surface area contributed by atoms with E-state index in [0.717, 1.165) is 17.0 Å². The van der Waals surface area contributed by atoms with E-state index in [-0.39, 0.29) is 0 Å². The van der Waals surface area contributed by atoms with Crippen molar-refractivity contribution in [3.63, 3.8) is 0 Å². The number of aromatic amines is 1. The predicted molar refractivity (Wildman–Crippen MR) is 54.1 cm³/mol. The van der Waals surface area contributed by atoms with Crippen molar-refractivity contribution in [1.82, 2.24) is 20.3 Å². The Balaban J connectivity index is 2.37. The van der Waals surface area contributed by atoms with Gasteiger partial charge in [-0.05, 0) is 13.8 Å². The standard InChI is InChI=1S/C9H13N5O/c1-5-8(6(2)13-12-5)9-11-7(3-4-10)15-14-9/h3-4,10H2,1-2H3,(H,12,13). The number of aryl methyl sites for hydroxylation is 2. The minimum atomic E-state index is 0.505. The molecule has 6 nitrogen and oxygen atoms in total. The molecule has 0 fully saturated rings. The van der Waals surface area contributed by atoms with E-state index in [1.54, 1.807) is 0 Å². The monoisotopic (exact) mass is 207 g/mol. The van der Waals surface area contributed by atoms with Gasteiger partial charge in [0.25, 0.3) is 0 Å². The summed E-state index contributed by atoms with van der Waals surface area (Å²) < 4.78 is 5.06. The van der Waals surface area contributed by atoms with Crippen molar-refractivity contribution in [2.45, 2.75) is 20.3 Å². The lowest BCUT2D eigenvalue weighted by Gasteiger charge is -1.91. The van der Waals surface area contributed by atoms with Crippen LogP contribution in [0.1, 0.15) is 17.3 Å². The quantitative estimate of drug-likeness (QED) is 0.767. The summed E-state index contributed by atoms with van der Waals surface area (Å²) in [6.07, 6.45) is 0.600. The molecule has 0 radical (unpaired) electrons. The fourth-order valence-corrected chi connectivity index (χ4v) is 1.46. The van der Waals surface area contributed by atoms with Gasteiger partial charge in [0.1, 0.15) is 0 Å². The summed E-state index contributed by atoms with van der Waals surface area (Å²) in [6, 6.07) is 0. The average molecular weight is 207 g/mol. The van der Waals surface area contributed by atoms with Crippen LogP contribution in [0.3, 0.4) is 0 Å². The Labute approximate surface area is 86.9 Å². The van der Waals surface area contributed by atoms with Crippen LogP contribution in [-0.2, 0) is 6.42 Å². The molecule has 0 unspecified atom stereocenters. The number of H-pyrrole nitrogens is 1. The van der Waals surface area contributed by atoms with E-state index in [2.05, 4.69) is 20.3 Å². The molecule has 0 aliphatic carbocycles. The molecule has 15 heavy (non-hydrogen) atoms. The molecule has 0 atom stereocenters. The second-order valence-electron chi connectivity index (χ2n) is 3.36. The highest BCUT2D eigenvalue weighted by molar-refractivity contribution is 5.60. The molecule has 6 heteroatoms. The zero-order chi connectivity index (χ0) is 10.8. The molecular formula is C9H13N5O. The summed E-state index contributed by atoms with van der Waals surface area (Å²) in [7, 11) is 0. The van der Waals surface area contributed by atoms with Gasteiger partial charge in [-0.1, -0.05) is 5.16 Å². The lowest BCUT2D eigenvalue weighted by atomic mass is 10.2. The van der Waals surface area contributed by atoms with Crippen LogP contribution >= 0.6 is 0 Å². The number of hydrogen-bond donors (Lipinski definition) is 2. The zero-order valence-electron chi connectivity index (χ0n) is 8.74. The highest BCUT2D eigenvalue weighted by Crippen LogP contribution is 2.21. The molecule has 0 saturated heterocycles. The van der Waals surface area contributed by atoms with Gasteiger partial charge in [0.05, 0.1) is 11.3 Å². The van der Waals surface area contributed by atoms with Gasteiger partial charge >= 0.3 is 0 Å². The maximum Gasteiger partial charge on any atom is 0.228 e. The van der Waals surface area contributed by atoms with E-state index in [4.69, 9.17) is 10.3 Å². The van der Waals surface area contributed by atoms with Crippen molar-refractivity contribution >= 4 is 0 Å². The van der Waals surface area contributed by atoms with Gasteiger partial charge in [-0.2, -0.15) is 10.1 Å². The Bertz CT molecular complexity index is 439. The molecule has 0 aliphatic rings. The van der Waals surface area contributed by atoms with Crippen LogP contribution < -0.4 is 5.73 Å². The molecule has 0 saturated carbocycles. The van der Waals surface area contributed by atoms with Crippen LogP contribution in [0.4, 0.5) is 0 Å². The lowest BCUT2D eigenvalue weighted by molar-refractivity contribution is 0.380. The van der Waals surface area contributed by atoms with E-state index in [0.29, 0.717) is 24.7 Å². The fourth-order valence-electron chi connectivity index (χ4n) is 1.46. The van der Waals surface area contributed by atoms with Gasteiger partial charge in [0.15, 0.2) is 0 Å². The lowest BCUT2D eigenvalue weighted by Crippen LogP contribution is -2.02. The molecule has 0 bridgehead atoms. The number of nitrogens with one attached hydrogen (secondary N) is 1. The van der Waals surface area contributed by atoms with Crippen LogP contribution in [0.5, 0.6) is 0 Å². The Morgan fingerprint density at radius 2 is 2.20 bits per heavy atom. The molecule has 2 heterocycles. The smallest absolute Gasteiger partial charge is 0.228 e. The average Bonchev–Trinajstić information content (AvgIpc) is 2.75. The third-order valence-electron chi connectivity index (χ3n) is 2.18. The van der Waals surface area contributed by atoms with Crippen LogP contribution in [0.2, 0.25) is 0 Å². The topological polar surface area (TPSA) is 93.6 Å². The molecule has 80 valence electrons. The summed E-state index contributed by atoms with van der Waals surface area (Å²) in [5.74, 6) is 1.13. The number of hydrogen-bond acceptors (Lipinski definition) is 5. The van der Waals surface area contributed by atoms with E-state index < -0.39 is 0 Å². The highest BCUT2D eigenvalue weighted by Gasteiger charge is 2.15. The SMILES string of the molecule is Cc1n[nH]c(C)c1-c1noc(CCN)n1. The third-order valence-corrected chi connectivity index (χ3v) is 2.18. The van der Waals surface area contributed by atoms with E-state index in [1.165, 1.54) is 0 Å². The van der Waals surface area contributed by atoms with Crippen molar-refractivity contribution < 1.29 is 4.52 Å². The molecule has 2 aromatic heterocycles. The van der Waals surface area contributed by atoms with Crippen LogP contribution in [0.25, 0.3) is 11.4 Å². The van der Waals surface area contributed by atoms with Gasteiger partial charge in [-0.15, -0.1) is 0 Å². The maximum absolute atomic E-state index is 5.40. The summed E-state index contributed by atoms with van der Waals surface area (Å²) in [6.45, 7) is 4.33. The second kappa shape index (κ2) is 3.82. The molecule has 3 N–H and O–H groups in total. The normalized spacial score (nSPS) is 10.9. The molecule has 0 aliphatic heterocycles. The van der Waals surface area contributed by atoms with E-state index >= 15 is 0 Å². The minimum Gasteiger partial charge on any atom is -0.339 e. The maximum atomic E-state index is 5.40. The van der Waals surface area contributed by atoms with Gasteiger partial charge in [0, 0.05) is 18.7 Å². The molecule has 2 rings (SSSR count). The van der Waals surface area contributed by atoms with Crippen LogP contribution in [-0.4, -0.2) is 26.9 Å². The fraction of sp³-hybridized carbons (Fsp3) is 0.444. The second-order valence-corrected chi connectivity index (χ2v) is 3.36. The van der Waals surface area contributed by atoms with Crippen molar-refractivity contribution in [2.75, 3.05) is 6.54 Å². The minimum absolute atomic E-state index is 0.505. The predicted octanol–water partition coefficient (Wildman–Crippen LogP) is 0.578. The van der Waals surface area contributed by atoms with Crippen LogP contribution in [0.15, 0.2) is 4.52 Å². The summed E-state index contributed by atoms with van der Waals surface area (Å²) in [4.78, 5) is 4.25.